The van der Waals surface area contributed by atoms with E-state index in [1.807, 2.05) is 18.2 Å². The molecule has 1 aliphatic heterocycles. The Hall–Kier alpha value is -2.04. The Kier molecular flexibility index (Phi) is 3.82. The fourth-order valence-corrected chi connectivity index (χ4v) is 2.99. The monoisotopic (exact) mass is 288 g/mol. The number of rotatable bonds is 5. The molecule has 1 fully saturated rings. The summed E-state index contributed by atoms with van der Waals surface area (Å²) in [6, 6.07) is 5.43. The number of amides is 1. The number of carboxylic acid groups (broad SMARTS) is 1. The van der Waals surface area contributed by atoms with Crippen LogP contribution in [0.2, 0.25) is 0 Å². The number of anilines is 1. The number of fused-ring (bicyclic) bond motifs is 1. The van der Waals surface area contributed by atoms with Gasteiger partial charge in [0.2, 0.25) is 0 Å². The number of hydrogen-bond donors (Lipinski definition) is 3. The minimum Gasteiger partial charge on any atom is -0.481 e. The van der Waals surface area contributed by atoms with Gasteiger partial charge in [0.05, 0.1) is 6.42 Å². The second kappa shape index (κ2) is 5.76. The first-order chi connectivity index (χ1) is 10.1. The first-order valence-electron chi connectivity index (χ1n) is 7.53. The van der Waals surface area contributed by atoms with Crippen LogP contribution in [0.3, 0.4) is 0 Å². The molecule has 2 aliphatic rings. The molecule has 1 aromatic carbocycles. The van der Waals surface area contributed by atoms with Crippen molar-refractivity contribution >= 4 is 17.6 Å². The molecule has 0 radical (unpaired) electrons. The number of carboxylic acids is 1. The SMILES string of the molecule is O=C(O)CC(NC(=O)c1cccc2c1CCCN2)C1CC1. The van der Waals surface area contributed by atoms with Crippen LogP contribution in [0.1, 0.15) is 41.6 Å². The van der Waals surface area contributed by atoms with Crippen molar-refractivity contribution in [2.75, 3.05) is 11.9 Å². The molecule has 112 valence electrons. The molecule has 0 aromatic heterocycles. The van der Waals surface area contributed by atoms with Crippen LogP contribution < -0.4 is 10.6 Å². The standard InChI is InChI=1S/C16H20N2O3/c19-15(20)9-14(10-6-7-10)18-16(21)12-3-1-5-13-11(12)4-2-8-17-13/h1,3,5,10,14,17H,2,4,6-9H2,(H,18,21)(H,19,20). The zero-order chi connectivity index (χ0) is 14.8. The molecule has 1 aromatic rings. The van der Waals surface area contributed by atoms with Crippen molar-refractivity contribution in [1.82, 2.24) is 5.32 Å². The summed E-state index contributed by atoms with van der Waals surface area (Å²) in [6.45, 7) is 0.932. The molecule has 1 amide bonds. The lowest BCUT2D eigenvalue weighted by atomic mass is 9.96. The highest BCUT2D eigenvalue weighted by atomic mass is 16.4. The second-order valence-corrected chi connectivity index (χ2v) is 5.88. The Morgan fingerprint density at radius 1 is 1.38 bits per heavy atom. The van der Waals surface area contributed by atoms with E-state index < -0.39 is 5.97 Å². The number of carbonyl (C=O) groups excluding carboxylic acids is 1. The van der Waals surface area contributed by atoms with Gasteiger partial charge in [-0.05, 0) is 49.3 Å². The van der Waals surface area contributed by atoms with Crippen molar-refractivity contribution in [2.24, 2.45) is 5.92 Å². The summed E-state index contributed by atoms with van der Waals surface area (Å²) in [4.78, 5) is 23.4. The third-order valence-electron chi connectivity index (χ3n) is 4.24. The predicted octanol–water partition coefficient (Wildman–Crippen LogP) is 2.03. The van der Waals surface area contributed by atoms with E-state index in [9.17, 15) is 9.59 Å². The number of carbonyl (C=O) groups is 2. The molecule has 1 aliphatic carbocycles. The highest BCUT2D eigenvalue weighted by Gasteiger charge is 2.34. The molecule has 1 unspecified atom stereocenters. The molecule has 5 nitrogen and oxygen atoms in total. The Morgan fingerprint density at radius 2 is 2.19 bits per heavy atom. The molecule has 5 heteroatoms. The van der Waals surface area contributed by atoms with Crippen molar-refractivity contribution in [3.8, 4) is 0 Å². The van der Waals surface area contributed by atoms with Crippen LogP contribution in [-0.2, 0) is 11.2 Å². The average molecular weight is 288 g/mol. The lowest BCUT2D eigenvalue weighted by molar-refractivity contribution is -0.137. The van der Waals surface area contributed by atoms with Gasteiger partial charge in [0.15, 0.2) is 0 Å². The summed E-state index contributed by atoms with van der Waals surface area (Å²) in [5, 5.41) is 15.2. The Morgan fingerprint density at radius 3 is 2.90 bits per heavy atom. The van der Waals surface area contributed by atoms with Gasteiger partial charge in [0.1, 0.15) is 0 Å². The van der Waals surface area contributed by atoms with Crippen molar-refractivity contribution in [1.29, 1.82) is 0 Å². The Labute approximate surface area is 123 Å². The molecule has 0 saturated heterocycles. The summed E-state index contributed by atoms with van der Waals surface area (Å²) in [5.74, 6) is -0.680. The maximum absolute atomic E-state index is 12.5. The van der Waals surface area contributed by atoms with E-state index in [-0.39, 0.29) is 18.4 Å². The minimum absolute atomic E-state index is 0.00365. The van der Waals surface area contributed by atoms with Gasteiger partial charge in [0.25, 0.3) is 5.91 Å². The number of aliphatic carboxylic acids is 1. The summed E-state index contributed by atoms with van der Waals surface area (Å²) < 4.78 is 0. The van der Waals surface area contributed by atoms with Crippen LogP contribution in [0.5, 0.6) is 0 Å². The normalized spacial score (nSPS) is 18.3. The van der Waals surface area contributed by atoms with E-state index in [0.717, 1.165) is 43.5 Å². The first-order valence-corrected chi connectivity index (χ1v) is 7.53. The highest BCUT2D eigenvalue weighted by molar-refractivity contribution is 5.97. The third kappa shape index (κ3) is 3.17. The Balaban J connectivity index is 1.77. The molecule has 1 atom stereocenters. The van der Waals surface area contributed by atoms with Crippen LogP contribution in [0.4, 0.5) is 5.69 Å². The van der Waals surface area contributed by atoms with Crippen molar-refractivity contribution in [3.05, 3.63) is 29.3 Å². The zero-order valence-corrected chi connectivity index (χ0v) is 11.9. The lowest BCUT2D eigenvalue weighted by Gasteiger charge is -2.22. The summed E-state index contributed by atoms with van der Waals surface area (Å²) in [5.41, 5.74) is 2.75. The van der Waals surface area contributed by atoms with Crippen LogP contribution >= 0.6 is 0 Å². The molecule has 21 heavy (non-hydrogen) atoms. The molecular weight excluding hydrogens is 268 g/mol. The summed E-state index contributed by atoms with van der Waals surface area (Å²) in [7, 11) is 0. The molecule has 1 saturated carbocycles. The largest absolute Gasteiger partial charge is 0.481 e. The van der Waals surface area contributed by atoms with Gasteiger partial charge in [0, 0.05) is 23.8 Å². The molecule has 1 heterocycles. The van der Waals surface area contributed by atoms with Gasteiger partial charge in [-0.1, -0.05) is 6.07 Å². The van der Waals surface area contributed by atoms with Crippen molar-refractivity contribution in [3.63, 3.8) is 0 Å². The third-order valence-corrected chi connectivity index (χ3v) is 4.24. The van der Waals surface area contributed by atoms with Crippen LogP contribution in [0.15, 0.2) is 18.2 Å². The van der Waals surface area contributed by atoms with Gasteiger partial charge in [-0.15, -0.1) is 0 Å². The average Bonchev–Trinajstić information content (AvgIpc) is 3.30. The fourth-order valence-electron chi connectivity index (χ4n) is 2.99. The van der Waals surface area contributed by atoms with Crippen LogP contribution in [-0.4, -0.2) is 29.6 Å². The van der Waals surface area contributed by atoms with Gasteiger partial charge in [-0.25, -0.2) is 0 Å². The first kappa shape index (κ1) is 13.9. The number of benzene rings is 1. The summed E-state index contributed by atoms with van der Waals surface area (Å²) >= 11 is 0. The molecule has 3 N–H and O–H groups in total. The second-order valence-electron chi connectivity index (χ2n) is 5.88. The number of hydrogen-bond acceptors (Lipinski definition) is 3. The Bertz CT molecular complexity index is 567. The van der Waals surface area contributed by atoms with Gasteiger partial charge in [-0.3, -0.25) is 9.59 Å². The van der Waals surface area contributed by atoms with Crippen molar-refractivity contribution in [2.45, 2.75) is 38.1 Å². The van der Waals surface area contributed by atoms with Gasteiger partial charge in [-0.2, -0.15) is 0 Å². The molecular formula is C16H20N2O3. The minimum atomic E-state index is -0.857. The molecule has 0 bridgehead atoms. The summed E-state index contributed by atoms with van der Waals surface area (Å²) in [6.07, 6.45) is 3.92. The predicted molar refractivity (Wildman–Crippen MR) is 79.5 cm³/mol. The number of nitrogens with one attached hydrogen (secondary N) is 2. The molecule has 0 spiro atoms. The van der Waals surface area contributed by atoms with E-state index in [2.05, 4.69) is 10.6 Å². The maximum Gasteiger partial charge on any atom is 0.305 e. The van der Waals surface area contributed by atoms with Crippen molar-refractivity contribution < 1.29 is 14.7 Å². The van der Waals surface area contributed by atoms with E-state index >= 15 is 0 Å². The smallest absolute Gasteiger partial charge is 0.305 e. The van der Waals surface area contributed by atoms with E-state index in [1.54, 1.807) is 0 Å². The zero-order valence-electron chi connectivity index (χ0n) is 11.9. The van der Waals surface area contributed by atoms with Gasteiger partial charge < -0.3 is 15.7 Å². The van der Waals surface area contributed by atoms with E-state index in [4.69, 9.17) is 5.11 Å². The topological polar surface area (TPSA) is 78.4 Å². The van der Waals surface area contributed by atoms with Crippen LogP contribution in [0.25, 0.3) is 0 Å². The van der Waals surface area contributed by atoms with Gasteiger partial charge >= 0.3 is 5.97 Å². The van der Waals surface area contributed by atoms with E-state index in [1.165, 1.54) is 0 Å². The maximum atomic E-state index is 12.5. The van der Waals surface area contributed by atoms with E-state index in [0.29, 0.717) is 11.5 Å². The van der Waals surface area contributed by atoms with Crippen LogP contribution in [0, 0.1) is 5.92 Å². The fraction of sp³-hybridized carbons (Fsp3) is 0.500. The quantitative estimate of drug-likeness (QED) is 0.774. The highest BCUT2D eigenvalue weighted by Crippen LogP contribution is 2.34. The lowest BCUT2D eigenvalue weighted by Crippen LogP contribution is -2.38. The molecule has 3 rings (SSSR count).